The third-order valence-corrected chi connectivity index (χ3v) is 7.64. The predicted molar refractivity (Wildman–Crippen MR) is 154 cm³/mol. The normalized spacial score (nSPS) is 13.4. The van der Waals surface area contributed by atoms with E-state index in [1.165, 1.54) is 60.9 Å². The van der Waals surface area contributed by atoms with Crippen LogP contribution in [0.25, 0.3) is 22.2 Å². The monoisotopic (exact) mass is 579 g/mol. The first-order chi connectivity index (χ1) is 20.7. The molecule has 0 unspecified atom stereocenters. The summed E-state index contributed by atoms with van der Waals surface area (Å²) >= 11 is 0. The molecule has 0 bridgehead atoms. The summed E-state index contributed by atoms with van der Waals surface area (Å²) in [5.41, 5.74) is 1.71. The summed E-state index contributed by atoms with van der Waals surface area (Å²) in [6.07, 6.45) is 3.89. The minimum atomic E-state index is -1.07. The molecule has 0 atom stereocenters. The summed E-state index contributed by atoms with van der Waals surface area (Å²) in [5, 5.41) is 11.5. The third kappa shape index (κ3) is 5.72. The minimum Gasteiger partial charge on any atom is -0.453 e. The number of aromatic nitrogens is 2. The van der Waals surface area contributed by atoms with Crippen LogP contribution in [0.3, 0.4) is 0 Å². The number of nitrogens with zero attached hydrogens (tertiary/aromatic N) is 3. The Morgan fingerprint density at radius 3 is 2.16 bits per heavy atom. The van der Waals surface area contributed by atoms with E-state index in [0.717, 1.165) is 0 Å². The van der Waals surface area contributed by atoms with Crippen molar-refractivity contribution in [1.29, 1.82) is 0 Å². The van der Waals surface area contributed by atoms with Gasteiger partial charge in [0.05, 0.1) is 26.9 Å². The second-order valence-corrected chi connectivity index (χ2v) is 10.5. The van der Waals surface area contributed by atoms with Gasteiger partial charge in [0.25, 0.3) is 5.69 Å². The maximum atomic E-state index is 15.1. The highest BCUT2D eigenvalue weighted by Crippen LogP contribution is 2.49. The van der Waals surface area contributed by atoms with E-state index in [0.29, 0.717) is 51.9 Å². The number of hydrogen-bond donors (Lipinski definition) is 0. The largest absolute Gasteiger partial charge is 0.453 e. The second-order valence-electron chi connectivity index (χ2n) is 10.5. The Labute approximate surface area is 244 Å². The molecule has 214 valence electrons. The van der Waals surface area contributed by atoms with Gasteiger partial charge in [-0.05, 0) is 72.5 Å². The third-order valence-electron chi connectivity index (χ3n) is 7.64. The van der Waals surface area contributed by atoms with Gasteiger partial charge < -0.3 is 4.74 Å². The highest BCUT2D eigenvalue weighted by Gasteiger charge is 2.54. The van der Waals surface area contributed by atoms with Crippen LogP contribution in [-0.4, -0.2) is 26.5 Å². The summed E-state index contributed by atoms with van der Waals surface area (Å²) in [5.74, 6) is -1.28. The van der Waals surface area contributed by atoms with Crippen LogP contribution in [0, 0.1) is 27.2 Å². The second kappa shape index (κ2) is 11.1. The fourth-order valence-corrected chi connectivity index (χ4v) is 5.02. The molecule has 0 saturated heterocycles. The molecule has 2 heterocycles. The van der Waals surface area contributed by atoms with E-state index < -0.39 is 22.0 Å². The van der Waals surface area contributed by atoms with Crippen molar-refractivity contribution in [3.8, 4) is 22.8 Å². The SMILES string of the molecule is O=C(Cc1ccc(F)cc1)C1(C(=O)Cc2ccc(Oc3ccnc4cc(-c5ccc([N+](=O)[O-])cc5)ncc34)c(F)c2)CC1. The van der Waals surface area contributed by atoms with Crippen molar-refractivity contribution in [2.24, 2.45) is 5.41 Å². The zero-order valence-electron chi connectivity index (χ0n) is 22.6. The number of nitro groups is 1. The Hall–Kier alpha value is -5.38. The maximum absolute atomic E-state index is 15.1. The van der Waals surface area contributed by atoms with Crippen LogP contribution in [0.5, 0.6) is 11.5 Å². The summed E-state index contributed by atoms with van der Waals surface area (Å²) in [6.45, 7) is 0. The molecule has 3 aromatic carbocycles. The number of rotatable bonds is 10. The number of fused-ring (bicyclic) bond motifs is 1. The van der Waals surface area contributed by atoms with Crippen LogP contribution in [0.15, 0.2) is 91.3 Å². The Morgan fingerprint density at radius 1 is 0.837 bits per heavy atom. The van der Waals surface area contributed by atoms with Crippen LogP contribution in [0.1, 0.15) is 24.0 Å². The van der Waals surface area contributed by atoms with Crippen molar-refractivity contribution >= 4 is 28.2 Å². The zero-order valence-corrected chi connectivity index (χ0v) is 22.6. The highest BCUT2D eigenvalue weighted by molar-refractivity contribution is 6.11. The molecule has 1 aliphatic carbocycles. The molecule has 0 aliphatic heterocycles. The van der Waals surface area contributed by atoms with Crippen molar-refractivity contribution in [3.63, 3.8) is 0 Å². The van der Waals surface area contributed by atoms with Gasteiger partial charge in [-0.15, -0.1) is 0 Å². The van der Waals surface area contributed by atoms with Crippen molar-refractivity contribution in [2.75, 3.05) is 0 Å². The number of ether oxygens (including phenoxy) is 1. The van der Waals surface area contributed by atoms with E-state index in [4.69, 9.17) is 4.74 Å². The van der Waals surface area contributed by atoms with Crippen LogP contribution < -0.4 is 4.74 Å². The van der Waals surface area contributed by atoms with Gasteiger partial charge in [-0.2, -0.15) is 0 Å². The summed E-state index contributed by atoms with van der Waals surface area (Å²) in [4.78, 5) is 45.3. The van der Waals surface area contributed by atoms with Crippen LogP contribution in [0.2, 0.25) is 0 Å². The summed E-state index contributed by atoms with van der Waals surface area (Å²) in [6, 6.07) is 19.1. The highest BCUT2D eigenvalue weighted by atomic mass is 19.1. The van der Waals surface area contributed by atoms with E-state index in [1.807, 2.05) is 0 Å². The molecule has 10 heteroatoms. The van der Waals surface area contributed by atoms with Gasteiger partial charge in [0, 0.05) is 42.9 Å². The molecule has 1 aliphatic rings. The standard InChI is InChI=1S/C33H23F2N3O5/c34-23-6-1-20(2-7-23)16-31(39)33(12-13-33)32(40)17-21-3-10-30(26(35)15-21)43-29-11-14-36-28-18-27(37-19-25(28)29)22-4-8-24(9-5-22)38(41)42/h1-11,14-15,18-19H,12-13,16-17H2. The number of Topliss-reactive ketones (excluding diaryl/α,β-unsaturated/α-hetero) is 2. The molecule has 1 saturated carbocycles. The quantitative estimate of drug-likeness (QED) is 0.0997. The van der Waals surface area contributed by atoms with Gasteiger partial charge in [-0.1, -0.05) is 18.2 Å². The van der Waals surface area contributed by atoms with Gasteiger partial charge in [0.2, 0.25) is 0 Å². The van der Waals surface area contributed by atoms with Crippen molar-refractivity contribution < 1.29 is 28.0 Å². The van der Waals surface area contributed by atoms with Crippen molar-refractivity contribution in [3.05, 3.63) is 124 Å². The number of carbonyl (C=O) groups excluding carboxylic acids is 2. The number of pyridine rings is 2. The van der Waals surface area contributed by atoms with E-state index in [9.17, 15) is 24.1 Å². The Balaban J connectivity index is 1.15. The maximum Gasteiger partial charge on any atom is 0.269 e. The minimum absolute atomic E-state index is 0.0295. The lowest BCUT2D eigenvalue weighted by Crippen LogP contribution is -2.28. The Morgan fingerprint density at radius 2 is 1.51 bits per heavy atom. The molecule has 0 N–H and O–H groups in total. The molecule has 5 aromatic rings. The number of halogens is 2. The fraction of sp³-hybridized carbons (Fsp3) is 0.152. The van der Waals surface area contributed by atoms with Gasteiger partial charge >= 0.3 is 0 Å². The van der Waals surface area contributed by atoms with Crippen LogP contribution >= 0.6 is 0 Å². The average Bonchev–Trinajstić information content (AvgIpc) is 3.82. The summed E-state index contributed by atoms with van der Waals surface area (Å²) in [7, 11) is 0. The molecule has 8 nitrogen and oxygen atoms in total. The lowest BCUT2D eigenvalue weighted by molar-refractivity contribution is -0.384. The first kappa shape index (κ1) is 27.8. The summed E-state index contributed by atoms with van der Waals surface area (Å²) < 4.78 is 34.2. The van der Waals surface area contributed by atoms with Gasteiger partial charge in [-0.3, -0.25) is 29.7 Å². The molecular formula is C33H23F2N3O5. The molecule has 6 rings (SSSR count). The molecule has 0 radical (unpaired) electrons. The molecule has 43 heavy (non-hydrogen) atoms. The number of hydrogen-bond acceptors (Lipinski definition) is 7. The van der Waals surface area contributed by atoms with E-state index in [1.54, 1.807) is 30.3 Å². The van der Waals surface area contributed by atoms with Gasteiger partial charge in [0.1, 0.15) is 11.6 Å². The lowest BCUT2D eigenvalue weighted by atomic mass is 9.88. The smallest absolute Gasteiger partial charge is 0.269 e. The average molecular weight is 580 g/mol. The number of ketones is 2. The molecule has 2 aromatic heterocycles. The first-order valence-electron chi connectivity index (χ1n) is 13.5. The molecular weight excluding hydrogens is 556 g/mol. The van der Waals surface area contributed by atoms with Crippen molar-refractivity contribution in [1.82, 2.24) is 9.97 Å². The van der Waals surface area contributed by atoms with Gasteiger partial charge in [0.15, 0.2) is 23.1 Å². The fourth-order valence-electron chi connectivity index (χ4n) is 5.02. The Bertz CT molecular complexity index is 1890. The van der Waals surface area contributed by atoms with Crippen molar-refractivity contribution in [2.45, 2.75) is 25.7 Å². The Kier molecular flexibility index (Phi) is 7.19. The number of nitro benzene ring substituents is 1. The molecule has 0 amide bonds. The first-order valence-corrected chi connectivity index (χ1v) is 13.5. The topological polar surface area (TPSA) is 112 Å². The van der Waals surface area contributed by atoms with Gasteiger partial charge in [-0.25, -0.2) is 8.78 Å². The van der Waals surface area contributed by atoms with Crippen LogP contribution in [0.4, 0.5) is 14.5 Å². The zero-order chi connectivity index (χ0) is 30.1. The lowest BCUT2D eigenvalue weighted by Gasteiger charge is -2.14. The number of carbonyl (C=O) groups is 2. The predicted octanol–water partition coefficient (Wildman–Crippen LogP) is 6.98. The number of benzene rings is 3. The number of non-ortho nitro benzene ring substituents is 1. The van der Waals surface area contributed by atoms with E-state index >= 15 is 4.39 Å². The van der Waals surface area contributed by atoms with Crippen LogP contribution in [-0.2, 0) is 22.4 Å². The van der Waals surface area contributed by atoms with E-state index in [2.05, 4.69) is 9.97 Å². The molecule has 1 fully saturated rings. The molecule has 0 spiro atoms. The van der Waals surface area contributed by atoms with E-state index in [-0.39, 0.29) is 35.8 Å².